The Morgan fingerprint density at radius 3 is 3.14 bits per heavy atom. The summed E-state index contributed by atoms with van der Waals surface area (Å²) in [7, 11) is 0. The number of aromatic nitrogens is 2. The van der Waals surface area contributed by atoms with Crippen molar-refractivity contribution in [2.45, 2.75) is 13.3 Å². The normalized spacial score (nSPS) is 10.7. The first-order chi connectivity index (χ1) is 6.66. The van der Waals surface area contributed by atoms with E-state index >= 15 is 0 Å². The summed E-state index contributed by atoms with van der Waals surface area (Å²) in [5.74, 6) is 0.148. The molecule has 0 aliphatic rings. The van der Waals surface area contributed by atoms with Crippen molar-refractivity contribution in [3.05, 3.63) is 34.7 Å². The second kappa shape index (κ2) is 3.53. The number of fused-ring (bicyclic) bond motifs is 1. The summed E-state index contributed by atoms with van der Waals surface area (Å²) >= 11 is 3.37. The summed E-state index contributed by atoms with van der Waals surface area (Å²) in [5.41, 5.74) is 1.79. The van der Waals surface area contributed by atoms with E-state index in [0.717, 1.165) is 15.8 Å². The van der Waals surface area contributed by atoms with Crippen molar-refractivity contribution in [2.24, 2.45) is 0 Å². The lowest BCUT2D eigenvalue weighted by atomic mass is 10.2. The fraction of sp³-hybridized carbons (Fsp3) is 0.200. The molecule has 0 fully saturated rings. The van der Waals surface area contributed by atoms with Crippen molar-refractivity contribution < 1.29 is 4.79 Å². The van der Waals surface area contributed by atoms with E-state index in [4.69, 9.17) is 0 Å². The monoisotopic (exact) mass is 252 g/mol. The number of halogens is 1. The molecule has 4 heteroatoms. The van der Waals surface area contributed by atoms with Crippen LogP contribution in [0.4, 0.5) is 0 Å². The zero-order valence-corrected chi connectivity index (χ0v) is 9.28. The molecule has 2 aromatic rings. The minimum atomic E-state index is 0.148. The van der Waals surface area contributed by atoms with Crippen LogP contribution in [0.5, 0.6) is 0 Å². The second-order valence-corrected chi connectivity index (χ2v) is 4.12. The van der Waals surface area contributed by atoms with Crippen molar-refractivity contribution in [1.82, 2.24) is 9.38 Å². The highest BCUT2D eigenvalue weighted by Gasteiger charge is 2.05. The minimum Gasteiger partial charge on any atom is -0.304 e. The molecule has 2 heterocycles. The molecule has 0 saturated carbocycles. The van der Waals surface area contributed by atoms with Crippen LogP contribution in [0.1, 0.15) is 12.6 Å². The number of Topliss-reactive ketones (excluding diaryl/α,β-unsaturated/α-hetero) is 1. The van der Waals surface area contributed by atoms with Crippen LogP contribution in [0, 0.1) is 0 Å². The fourth-order valence-electron chi connectivity index (χ4n) is 1.39. The van der Waals surface area contributed by atoms with Gasteiger partial charge >= 0.3 is 0 Å². The van der Waals surface area contributed by atoms with Crippen molar-refractivity contribution in [3.8, 4) is 0 Å². The lowest BCUT2D eigenvalue weighted by Gasteiger charge is -1.98. The molecule has 0 spiro atoms. The van der Waals surface area contributed by atoms with E-state index < -0.39 is 0 Å². The Kier molecular flexibility index (Phi) is 2.37. The van der Waals surface area contributed by atoms with Gasteiger partial charge in [-0.3, -0.25) is 4.79 Å². The standard InChI is InChI=1S/C10H9BrN2O/c1-7(14)4-9-6-12-10-5-8(11)2-3-13(9)10/h2-3,5-6H,4H2,1H3. The van der Waals surface area contributed by atoms with Gasteiger partial charge in [-0.05, 0) is 19.1 Å². The molecule has 0 atom stereocenters. The number of hydrogen-bond donors (Lipinski definition) is 0. The van der Waals surface area contributed by atoms with Gasteiger partial charge in [-0.1, -0.05) is 15.9 Å². The number of rotatable bonds is 2. The Hall–Kier alpha value is -1.16. The summed E-state index contributed by atoms with van der Waals surface area (Å²) < 4.78 is 2.91. The van der Waals surface area contributed by atoms with Crippen LogP contribution >= 0.6 is 15.9 Å². The molecule has 0 saturated heterocycles. The first kappa shape index (κ1) is 9.40. The number of carbonyl (C=O) groups excluding carboxylic acids is 1. The Morgan fingerprint density at radius 1 is 1.64 bits per heavy atom. The van der Waals surface area contributed by atoms with Gasteiger partial charge in [0, 0.05) is 29.0 Å². The van der Waals surface area contributed by atoms with Crippen LogP contribution in [-0.4, -0.2) is 15.2 Å². The van der Waals surface area contributed by atoms with E-state index in [1.54, 1.807) is 13.1 Å². The molecule has 0 N–H and O–H groups in total. The van der Waals surface area contributed by atoms with Crippen molar-refractivity contribution >= 4 is 27.4 Å². The first-order valence-corrected chi connectivity index (χ1v) is 5.07. The highest BCUT2D eigenvalue weighted by molar-refractivity contribution is 9.10. The molecule has 14 heavy (non-hydrogen) atoms. The molecule has 2 aromatic heterocycles. The van der Waals surface area contributed by atoms with Crippen molar-refractivity contribution in [1.29, 1.82) is 0 Å². The molecule has 0 aromatic carbocycles. The van der Waals surface area contributed by atoms with E-state index in [1.165, 1.54) is 0 Å². The number of nitrogens with zero attached hydrogens (tertiary/aromatic N) is 2. The van der Waals surface area contributed by atoms with Gasteiger partial charge in [-0.15, -0.1) is 0 Å². The lowest BCUT2D eigenvalue weighted by molar-refractivity contribution is -0.116. The quantitative estimate of drug-likeness (QED) is 0.822. The molecule has 3 nitrogen and oxygen atoms in total. The molecule has 0 amide bonds. The van der Waals surface area contributed by atoms with Crippen LogP contribution in [0.2, 0.25) is 0 Å². The van der Waals surface area contributed by atoms with Crippen LogP contribution < -0.4 is 0 Å². The predicted molar refractivity (Wildman–Crippen MR) is 57.3 cm³/mol. The molecule has 0 radical (unpaired) electrons. The van der Waals surface area contributed by atoms with Crippen molar-refractivity contribution in [3.63, 3.8) is 0 Å². The van der Waals surface area contributed by atoms with E-state index in [1.807, 2.05) is 22.7 Å². The number of ketones is 1. The fourth-order valence-corrected chi connectivity index (χ4v) is 1.72. The largest absolute Gasteiger partial charge is 0.304 e. The highest BCUT2D eigenvalue weighted by Crippen LogP contribution is 2.14. The van der Waals surface area contributed by atoms with Gasteiger partial charge in [0.2, 0.25) is 0 Å². The summed E-state index contributed by atoms with van der Waals surface area (Å²) in [5, 5.41) is 0. The van der Waals surface area contributed by atoms with E-state index in [0.29, 0.717) is 6.42 Å². The van der Waals surface area contributed by atoms with Crippen molar-refractivity contribution in [2.75, 3.05) is 0 Å². The van der Waals surface area contributed by atoms with Gasteiger partial charge in [-0.2, -0.15) is 0 Å². The smallest absolute Gasteiger partial charge is 0.138 e. The number of pyridine rings is 1. The molecular formula is C10H9BrN2O. The number of imidazole rings is 1. The van der Waals surface area contributed by atoms with Crippen LogP contribution in [0.25, 0.3) is 5.65 Å². The van der Waals surface area contributed by atoms with Gasteiger partial charge in [0.15, 0.2) is 0 Å². The molecular weight excluding hydrogens is 244 g/mol. The molecule has 2 rings (SSSR count). The second-order valence-electron chi connectivity index (χ2n) is 3.20. The SMILES string of the molecule is CC(=O)Cc1cnc2cc(Br)ccn12. The van der Waals surface area contributed by atoms with Gasteiger partial charge in [0.1, 0.15) is 11.4 Å². The highest BCUT2D eigenvalue weighted by atomic mass is 79.9. The molecule has 0 aliphatic heterocycles. The Bertz CT molecular complexity index is 490. The van der Waals surface area contributed by atoms with Gasteiger partial charge < -0.3 is 4.40 Å². The Morgan fingerprint density at radius 2 is 2.43 bits per heavy atom. The maximum Gasteiger partial charge on any atom is 0.138 e. The maximum absolute atomic E-state index is 11.0. The molecule has 0 aliphatic carbocycles. The zero-order valence-electron chi connectivity index (χ0n) is 7.70. The third-order valence-corrected chi connectivity index (χ3v) is 2.48. The van der Waals surface area contributed by atoms with E-state index in [2.05, 4.69) is 20.9 Å². The first-order valence-electron chi connectivity index (χ1n) is 4.28. The topological polar surface area (TPSA) is 34.4 Å². The Balaban J connectivity index is 2.52. The van der Waals surface area contributed by atoms with Crippen LogP contribution in [-0.2, 0) is 11.2 Å². The molecule has 0 unspecified atom stereocenters. The summed E-state index contributed by atoms with van der Waals surface area (Å²) in [4.78, 5) is 15.2. The lowest BCUT2D eigenvalue weighted by Crippen LogP contribution is -1.99. The third kappa shape index (κ3) is 1.70. The van der Waals surface area contributed by atoms with Gasteiger partial charge in [0.05, 0.1) is 0 Å². The summed E-state index contributed by atoms with van der Waals surface area (Å²) in [6.07, 6.45) is 4.08. The van der Waals surface area contributed by atoms with Gasteiger partial charge in [-0.25, -0.2) is 4.98 Å². The average Bonchev–Trinajstić information content (AvgIpc) is 2.47. The van der Waals surface area contributed by atoms with E-state index in [9.17, 15) is 4.79 Å². The summed E-state index contributed by atoms with van der Waals surface area (Å²) in [6.45, 7) is 1.58. The van der Waals surface area contributed by atoms with Crippen LogP contribution in [0.3, 0.4) is 0 Å². The number of hydrogen-bond acceptors (Lipinski definition) is 2. The average molecular weight is 253 g/mol. The molecule has 0 bridgehead atoms. The summed E-state index contributed by atoms with van der Waals surface area (Å²) in [6, 6.07) is 3.85. The van der Waals surface area contributed by atoms with E-state index in [-0.39, 0.29) is 5.78 Å². The number of carbonyl (C=O) groups is 1. The Labute approximate surface area is 89.9 Å². The zero-order chi connectivity index (χ0) is 10.1. The third-order valence-electron chi connectivity index (χ3n) is 1.98. The van der Waals surface area contributed by atoms with Crippen LogP contribution in [0.15, 0.2) is 29.0 Å². The molecule has 72 valence electrons. The van der Waals surface area contributed by atoms with Gasteiger partial charge in [0.25, 0.3) is 0 Å². The predicted octanol–water partition coefficient (Wildman–Crippen LogP) is 2.23. The maximum atomic E-state index is 11.0. The minimum absolute atomic E-state index is 0.148.